The predicted molar refractivity (Wildman–Crippen MR) is 99.8 cm³/mol. The number of carbonyl (C=O) groups excluding carboxylic acids is 1. The van der Waals surface area contributed by atoms with Crippen LogP contribution in [0.1, 0.15) is 31.4 Å². The van der Waals surface area contributed by atoms with Crippen molar-refractivity contribution in [2.24, 2.45) is 0 Å². The Kier molecular flexibility index (Phi) is 4.39. The summed E-state index contributed by atoms with van der Waals surface area (Å²) >= 11 is 0. The zero-order chi connectivity index (χ0) is 17.9. The number of carbonyl (C=O) groups is 1. The number of hydrogen-bond acceptors (Lipinski definition) is 5. The molecule has 3 aromatic rings. The van der Waals surface area contributed by atoms with E-state index in [1.807, 2.05) is 66.4 Å². The molecule has 1 aromatic heterocycles. The van der Waals surface area contributed by atoms with Crippen LogP contribution in [-0.2, 0) is 4.79 Å². The molecule has 6 heteroatoms. The normalized spacial score (nSPS) is 15.3. The lowest BCUT2D eigenvalue weighted by atomic mass is 10.1. The highest BCUT2D eigenvalue weighted by molar-refractivity contribution is 5.95. The van der Waals surface area contributed by atoms with Crippen LogP contribution in [0.15, 0.2) is 59.1 Å². The van der Waals surface area contributed by atoms with Crippen LogP contribution in [0.5, 0.6) is 0 Å². The van der Waals surface area contributed by atoms with E-state index in [0.717, 1.165) is 29.8 Å². The van der Waals surface area contributed by atoms with Gasteiger partial charge in [-0.25, -0.2) is 0 Å². The predicted octanol–water partition coefficient (Wildman–Crippen LogP) is 4.04. The molecule has 2 heterocycles. The van der Waals surface area contributed by atoms with Gasteiger partial charge in [-0.15, -0.1) is 0 Å². The molecule has 1 unspecified atom stereocenters. The number of rotatable bonds is 5. The summed E-state index contributed by atoms with van der Waals surface area (Å²) in [5.41, 5.74) is 2.93. The summed E-state index contributed by atoms with van der Waals surface area (Å²) < 4.78 is 5.32. The van der Waals surface area contributed by atoms with Gasteiger partial charge in [-0.05, 0) is 48.3 Å². The van der Waals surface area contributed by atoms with E-state index in [1.165, 1.54) is 0 Å². The molecule has 0 bridgehead atoms. The molecule has 1 amide bonds. The van der Waals surface area contributed by atoms with Crippen molar-refractivity contribution >= 4 is 17.5 Å². The highest BCUT2D eigenvalue weighted by Gasteiger charge is 2.21. The van der Waals surface area contributed by atoms with Gasteiger partial charge in [-0.2, -0.15) is 4.98 Å². The van der Waals surface area contributed by atoms with Crippen LogP contribution in [0.25, 0.3) is 11.5 Å². The van der Waals surface area contributed by atoms with Crippen LogP contribution in [0.3, 0.4) is 0 Å². The molecule has 6 nitrogen and oxygen atoms in total. The van der Waals surface area contributed by atoms with Crippen LogP contribution in [0.2, 0.25) is 0 Å². The molecule has 0 radical (unpaired) electrons. The van der Waals surface area contributed by atoms with Crippen molar-refractivity contribution in [3.8, 4) is 11.5 Å². The van der Waals surface area contributed by atoms with Crippen molar-refractivity contribution in [2.75, 3.05) is 16.8 Å². The third-order valence-electron chi connectivity index (χ3n) is 4.57. The first-order valence-electron chi connectivity index (χ1n) is 8.77. The average Bonchev–Trinajstić information content (AvgIpc) is 3.32. The van der Waals surface area contributed by atoms with Gasteiger partial charge < -0.3 is 14.7 Å². The van der Waals surface area contributed by atoms with E-state index in [2.05, 4.69) is 15.5 Å². The zero-order valence-corrected chi connectivity index (χ0v) is 14.6. The quantitative estimate of drug-likeness (QED) is 0.753. The molecular weight excluding hydrogens is 328 g/mol. The molecular formula is C20H20N4O2. The summed E-state index contributed by atoms with van der Waals surface area (Å²) in [7, 11) is 0. The van der Waals surface area contributed by atoms with Gasteiger partial charge in [-0.1, -0.05) is 30.3 Å². The average molecular weight is 348 g/mol. The molecule has 132 valence electrons. The van der Waals surface area contributed by atoms with Gasteiger partial charge in [0.25, 0.3) is 11.8 Å². The first-order chi connectivity index (χ1) is 12.7. The topological polar surface area (TPSA) is 71.3 Å². The Labute approximate surface area is 151 Å². The lowest BCUT2D eigenvalue weighted by Crippen LogP contribution is -2.23. The highest BCUT2D eigenvalue weighted by atomic mass is 16.5. The first kappa shape index (κ1) is 16.3. The number of anilines is 2. The highest BCUT2D eigenvalue weighted by Crippen LogP contribution is 2.25. The lowest BCUT2D eigenvalue weighted by molar-refractivity contribution is -0.117. The summed E-state index contributed by atoms with van der Waals surface area (Å²) in [5.74, 6) is 1.14. The summed E-state index contributed by atoms with van der Waals surface area (Å²) in [6, 6.07) is 17.7. The number of nitrogens with one attached hydrogen (secondary N) is 1. The van der Waals surface area contributed by atoms with E-state index < -0.39 is 0 Å². The Bertz CT molecular complexity index is 890. The maximum absolute atomic E-state index is 11.8. The summed E-state index contributed by atoms with van der Waals surface area (Å²) in [5, 5.41) is 7.25. The molecule has 4 rings (SSSR count). The fourth-order valence-electron chi connectivity index (χ4n) is 3.12. The minimum atomic E-state index is 0.0135. The largest absolute Gasteiger partial charge is 0.345 e. The monoisotopic (exact) mass is 348 g/mol. The Morgan fingerprint density at radius 3 is 2.58 bits per heavy atom. The van der Waals surface area contributed by atoms with Crippen LogP contribution in [0.4, 0.5) is 11.6 Å². The first-order valence-corrected chi connectivity index (χ1v) is 8.77. The van der Waals surface area contributed by atoms with Gasteiger partial charge >= 0.3 is 0 Å². The number of benzene rings is 2. The minimum absolute atomic E-state index is 0.0135. The molecule has 1 N–H and O–H groups in total. The van der Waals surface area contributed by atoms with Gasteiger partial charge in [0.15, 0.2) is 0 Å². The van der Waals surface area contributed by atoms with Crippen LogP contribution in [0, 0.1) is 0 Å². The Hall–Kier alpha value is -3.15. The van der Waals surface area contributed by atoms with E-state index >= 15 is 0 Å². The fraction of sp³-hybridized carbons (Fsp3) is 0.250. The Morgan fingerprint density at radius 1 is 1.12 bits per heavy atom. The fourth-order valence-corrected chi connectivity index (χ4v) is 3.12. The molecule has 2 aromatic carbocycles. The molecule has 1 atom stereocenters. The molecule has 1 fully saturated rings. The molecule has 26 heavy (non-hydrogen) atoms. The van der Waals surface area contributed by atoms with Crippen LogP contribution in [-0.4, -0.2) is 22.6 Å². The third kappa shape index (κ3) is 3.31. The van der Waals surface area contributed by atoms with Gasteiger partial charge in [0, 0.05) is 24.2 Å². The van der Waals surface area contributed by atoms with Crippen molar-refractivity contribution in [3.63, 3.8) is 0 Å². The summed E-state index contributed by atoms with van der Waals surface area (Å²) in [4.78, 5) is 18.1. The lowest BCUT2D eigenvalue weighted by Gasteiger charge is -2.17. The number of hydrogen-bond donors (Lipinski definition) is 1. The van der Waals surface area contributed by atoms with Crippen LogP contribution >= 0.6 is 0 Å². The molecule has 0 spiro atoms. The number of nitrogens with zero attached hydrogens (tertiary/aromatic N) is 3. The second-order valence-electron chi connectivity index (χ2n) is 6.40. The third-order valence-corrected chi connectivity index (χ3v) is 4.57. The zero-order valence-electron chi connectivity index (χ0n) is 14.6. The van der Waals surface area contributed by atoms with Crippen molar-refractivity contribution in [3.05, 3.63) is 60.2 Å². The summed E-state index contributed by atoms with van der Waals surface area (Å²) in [6.45, 7) is 2.84. The van der Waals surface area contributed by atoms with Gasteiger partial charge in [0.2, 0.25) is 5.91 Å². The van der Waals surface area contributed by atoms with E-state index in [0.29, 0.717) is 18.3 Å². The second-order valence-corrected chi connectivity index (χ2v) is 6.40. The smallest absolute Gasteiger partial charge is 0.264 e. The van der Waals surface area contributed by atoms with Gasteiger partial charge in [0.1, 0.15) is 0 Å². The van der Waals surface area contributed by atoms with E-state index in [1.54, 1.807) is 0 Å². The van der Waals surface area contributed by atoms with Crippen molar-refractivity contribution in [1.29, 1.82) is 0 Å². The molecule has 1 saturated heterocycles. The maximum Gasteiger partial charge on any atom is 0.264 e. The van der Waals surface area contributed by atoms with Gasteiger partial charge in [-0.3, -0.25) is 4.79 Å². The van der Waals surface area contributed by atoms with E-state index in [-0.39, 0.29) is 11.9 Å². The Morgan fingerprint density at radius 2 is 1.88 bits per heavy atom. The Balaban J connectivity index is 1.44. The summed E-state index contributed by atoms with van der Waals surface area (Å²) in [6.07, 6.45) is 1.57. The van der Waals surface area contributed by atoms with Gasteiger partial charge in [0.05, 0.1) is 6.04 Å². The standard InChI is InChI=1S/C20H20N4O2/c1-14(15-9-11-17(12-10-15)24-13-5-8-18(24)25)21-20-22-19(26-23-20)16-6-3-2-4-7-16/h2-4,6-7,9-12,14H,5,8,13H2,1H3,(H,21,23). The van der Waals surface area contributed by atoms with Crippen molar-refractivity contribution in [2.45, 2.75) is 25.8 Å². The number of amides is 1. The van der Waals surface area contributed by atoms with Crippen LogP contribution < -0.4 is 10.2 Å². The minimum Gasteiger partial charge on any atom is -0.345 e. The molecule has 0 saturated carbocycles. The molecule has 1 aliphatic rings. The second kappa shape index (κ2) is 7.00. The molecule has 1 aliphatic heterocycles. The SMILES string of the molecule is CC(Nc1noc(-c2ccccc2)n1)c1ccc(N2CCCC2=O)cc1. The van der Waals surface area contributed by atoms with Crippen molar-refractivity contribution < 1.29 is 9.32 Å². The van der Waals surface area contributed by atoms with E-state index in [4.69, 9.17) is 4.52 Å². The van der Waals surface area contributed by atoms with Crippen molar-refractivity contribution in [1.82, 2.24) is 10.1 Å². The maximum atomic E-state index is 11.8. The molecule has 0 aliphatic carbocycles. The number of aromatic nitrogens is 2. The van der Waals surface area contributed by atoms with E-state index in [9.17, 15) is 4.79 Å².